The zero-order valence-electron chi connectivity index (χ0n) is 22.9. The van der Waals surface area contributed by atoms with E-state index in [1.807, 2.05) is 25.7 Å². The number of amides is 1. The largest absolute Gasteiger partial charge is 0.444 e. The van der Waals surface area contributed by atoms with Crippen molar-refractivity contribution in [1.82, 2.24) is 25.1 Å². The zero-order chi connectivity index (χ0) is 25.5. The summed E-state index contributed by atoms with van der Waals surface area (Å²) in [6, 6.07) is 1.02. The van der Waals surface area contributed by atoms with Crippen molar-refractivity contribution in [3.05, 3.63) is 11.3 Å². The summed E-state index contributed by atoms with van der Waals surface area (Å²) in [5.41, 5.74) is 1.99. The molecule has 0 spiro atoms. The molecule has 4 saturated heterocycles. The molecule has 2 bridgehead atoms. The van der Waals surface area contributed by atoms with E-state index < -0.39 is 5.60 Å². The molecule has 1 N–H and O–H groups in total. The number of aromatic nitrogens is 2. The lowest BCUT2D eigenvalue weighted by molar-refractivity contribution is 0.0122. The van der Waals surface area contributed by atoms with Crippen LogP contribution < -0.4 is 15.1 Å². The SMILES string of the molecule is CC(C1CN(c2nc3c(c(N4C[C@H]5CC[C@@H](C4)N5C(=O)OC(C)(C)C)n2)CCNC3)C1)N1CC2CC2C1. The van der Waals surface area contributed by atoms with Crippen LogP contribution in [0.15, 0.2) is 0 Å². The number of ether oxygens (including phenoxy) is 1. The average Bonchev–Trinajstić information content (AvgIpc) is 3.33. The number of likely N-dealkylation sites (tertiary alicyclic amines) is 1. The molecule has 3 unspecified atom stereocenters. The van der Waals surface area contributed by atoms with E-state index in [-0.39, 0.29) is 18.2 Å². The quantitative estimate of drug-likeness (QED) is 0.664. The van der Waals surface area contributed by atoms with Gasteiger partial charge in [0.25, 0.3) is 0 Å². The summed E-state index contributed by atoms with van der Waals surface area (Å²) in [6.07, 6.45) is 4.33. The number of piperazine rings is 1. The van der Waals surface area contributed by atoms with Crippen LogP contribution in [-0.2, 0) is 17.7 Å². The number of carbonyl (C=O) groups excluding carboxylic acids is 1. The van der Waals surface area contributed by atoms with Crippen LogP contribution in [0.4, 0.5) is 16.6 Å². The summed E-state index contributed by atoms with van der Waals surface area (Å²) >= 11 is 0. The third kappa shape index (κ3) is 4.36. The molecule has 5 fully saturated rings. The van der Waals surface area contributed by atoms with Crippen LogP contribution in [0.1, 0.15) is 58.2 Å². The van der Waals surface area contributed by atoms with E-state index in [1.165, 1.54) is 25.1 Å². The minimum atomic E-state index is -0.469. The summed E-state index contributed by atoms with van der Waals surface area (Å²) in [4.78, 5) is 32.9. The van der Waals surface area contributed by atoms with Gasteiger partial charge in [-0.3, -0.25) is 9.80 Å². The lowest BCUT2D eigenvalue weighted by Gasteiger charge is -2.46. The molecular weight excluding hydrogens is 466 g/mol. The van der Waals surface area contributed by atoms with Crippen molar-refractivity contribution >= 4 is 17.9 Å². The molecule has 0 radical (unpaired) electrons. The van der Waals surface area contributed by atoms with Crippen molar-refractivity contribution in [2.24, 2.45) is 17.8 Å². The Morgan fingerprint density at radius 3 is 2.38 bits per heavy atom. The number of anilines is 2. The summed E-state index contributed by atoms with van der Waals surface area (Å²) in [5.74, 6) is 4.69. The van der Waals surface area contributed by atoms with Crippen molar-refractivity contribution in [3.8, 4) is 0 Å². The van der Waals surface area contributed by atoms with Gasteiger partial charge in [0, 0.05) is 63.3 Å². The molecular formula is C28H43N7O2. The van der Waals surface area contributed by atoms with E-state index in [2.05, 4.69) is 26.9 Å². The van der Waals surface area contributed by atoms with Gasteiger partial charge in [-0.05, 0) is 71.8 Å². The van der Waals surface area contributed by atoms with E-state index in [0.717, 1.165) is 87.8 Å². The Morgan fingerprint density at radius 1 is 1.00 bits per heavy atom. The summed E-state index contributed by atoms with van der Waals surface area (Å²) in [5, 5.41) is 3.52. The number of piperidine rings is 1. The molecule has 1 saturated carbocycles. The highest BCUT2D eigenvalue weighted by Crippen LogP contribution is 2.46. The van der Waals surface area contributed by atoms with Gasteiger partial charge in [-0.1, -0.05) is 0 Å². The number of rotatable bonds is 4. The van der Waals surface area contributed by atoms with Gasteiger partial charge in [0.05, 0.1) is 17.8 Å². The maximum absolute atomic E-state index is 13.0. The maximum atomic E-state index is 13.0. The Labute approximate surface area is 220 Å². The molecule has 1 aromatic rings. The molecule has 6 heterocycles. The highest BCUT2D eigenvalue weighted by Gasteiger charge is 2.49. The second kappa shape index (κ2) is 8.70. The highest BCUT2D eigenvalue weighted by atomic mass is 16.6. The van der Waals surface area contributed by atoms with E-state index in [4.69, 9.17) is 14.7 Å². The Hall–Kier alpha value is -2.13. The summed E-state index contributed by atoms with van der Waals surface area (Å²) in [6.45, 7) is 16.4. The first-order valence-corrected chi connectivity index (χ1v) is 14.6. The number of carbonyl (C=O) groups is 1. The second-order valence-corrected chi connectivity index (χ2v) is 13.5. The van der Waals surface area contributed by atoms with Crippen LogP contribution in [0.2, 0.25) is 0 Å². The second-order valence-electron chi connectivity index (χ2n) is 13.5. The van der Waals surface area contributed by atoms with Gasteiger partial charge in [-0.15, -0.1) is 0 Å². The van der Waals surface area contributed by atoms with Crippen LogP contribution in [0.3, 0.4) is 0 Å². The van der Waals surface area contributed by atoms with E-state index >= 15 is 0 Å². The Kier molecular flexibility index (Phi) is 5.63. The van der Waals surface area contributed by atoms with Crippen LogP contribution in [0, 0.1) is 17.8 Å². The fourth-order valence-electron chi connectivity index (χ4n) is 7.46. The van der Waals surface area contributed by atoms with Crippen molar-refractivity contribution in [3.63, 3.8) is 0 Å². The van der Waals surface area contributed by atoms with Crippen molar-refractivity contribution in [2.45, 2.75) is 83.6 Å². The molecule has 37 heavy (non-hydrogen) atoms. The van der Waals surface area contributed by atoms with Gasteiger partial charge in [0.2, 0.25) is 5.95 Å². The van der Waals surface area contributed by atoms with Crippen molar-refractivity contribution in [1.29, 1.82) is 0 Å². The molecule has 9 heteroatoms. The van der Waals surface area contributed by atoms with Crippen molar-refractivity contribution < 1.29 is 9.53 Å². The Morgan fingerprint density at radius 2 is 1.70 bits per heavy atom. The van der Waals surface area contributed by atoms with E-state index in [0.29, 0.717) is 12.0 Å². The van der Waals surface area contributed by atoms with Crippen LogP contribution >= 0.6 is 0 Å². The molecule has 6 aliphatic rings. The van der Waals surface area contributed by atoms with Crippen LogP contribution in [0.5, 0.6) is 0 Å². The number of nitrogens with zero attached hydrogens (tertiary/aromatic N) is 6. The van der Waals surface area contributed by atoms with Gasteiger partial charge < -0.3 is 19.9 Å². The molecule has 1 aromatic heterocycles. The summed E-state index contributed by atoms with van der Waals surface area (Å²) < 4.78 is 5.76. The predicted octanol–water partition coefficient (Wildman–Crippen LogP) is 2.49. The van der Waals surface area contributed by atoms with Gasteiger partial charge in [0.1, 0.15) is 11.4 Å². The molecule has 5 aliphatic heterocycles. The molecule has 5 atom stereocenters. The molecule has 9 nitrogen and oxygen atoms in total. The first-order valence-electron chi connectivity index (χ1n) is 14.6. The average molecular weight is 510 g/mol. The topological polar surface area (TPSA) is 77.1 Å². The molecule has 7 rings (SSSR count). The fourth-order valence-corrected chi connectivity index (χ4v) is 7.46. The Balaban J connectivity index is 1.08. The molecule has 0 aromatic carbocycles. The number of hydrogen-bond acceptors (Lipinski definition) is 8. The van der Waals surface area contributed by atoms with Gasteiger partial charge in [0.15, 0.2) is 0 Å². The minimum absolute atomic E-state index is 0.162. The molecule has 1 aliphatic carbocycles. The van der Waals surface area contributed by atoms with Gasteiger partial charge in [-0.2, -0.15) is 4.98 Å². The lowest BCUT2D eigenvalue weighted by Crippen LogP contribution is -2.58. The Bertz CT molecular complexity index is 1040. The lowest BCUT2D eigenvalue weighted by atomic mass is 9.91. The van der Waals surface area contributed by atoms with Crippen LogP contribution in [-0.4, -0.2) is 95.4 Å². The highest BCUT2D eigenvalue weighted by molar-refractivity contribution is 5.70. The van der Waals surface area contributed by atoms with Gasteiger partial charge >= 0.3 is 6.09 Å². The molecule has 1 amide bonds. The predicted molar refractivity (Wildman–Crippen MR) is 143 cm³/mol. The third-order valence-electron chi connectivity index (χ3n) is 9.75. The third-order valence-corrected chi connectivity index (χ3v) is 9.75. The number of fused-ring (bicyclic) bond motifs is 4. The zero-order valence-corrected chi connectivity index (χ0v) is 22.9. The standard InChI is InChI=1S/C28H43N7O2/c1-17(32-11-18-9-19(18)12-32)20-13-34(14-20)26-30-24-10-29-8-7-23(24)25(31-26)33-15-21-5-6-22(16-33)35(21)27(36)37-28(2,3)4/h17-22,29H,5-16H2,1-4H3/t17?,18?,19?,21-,22+. The van der Waals surface area contributed by atoms with Gasteiger partial charge in [-0.25, -0.2) is 9.78 Å². The van der Waals surface area contributed by atoms with Crippen LogP contribution in [0.25, 0.3) is 0 Å². The first kappa shape index (κ1) is 23.9. The first-order chi connectivity index (χ1) is 17.7. The number of nitrogens with one attached hydrogen (secondary N) is 1. The fraction of sp³-hybridized carbons (Fsp3) is 0.821. The minimum Gasteiger partial charge on any atom is -0.444 e. The maximum Gasteiger partial charge on any atom is 0.410 e. The molecule has 202 valence electrons. The summed E-state index contributed by atoms with van der Waals surface area (Å²) in [7, 11) is 0. The number of hydrogen-bond donors (Lipinski definition) is 1. The normalized spacial score (nSPS) is 32.2. The van der Waals surface area contributed by atoms with E-state index in [1.54, 1.807) is 0 Å². The van der Waals surface area contributed by atoms with Crippen molar-refractivity contribution in [2.75, 3.05) is 55.6 Å². The smallest absolute Gasteiger partial charge is 0.410 e. The van der Waals surface area contributed by atoms with E-state index in [9.17, 15) is 4.79 Å². The monoisotopic (exact) mass is 509 g/mol.